The highest BCUT2D eigenvalue weighted by Crippen LogP contribution is 2.27. The normalized spacial score (nSPS) is 13.3. The summed E-state index contributed by atoms with van der Waals surface area (Å²) in [4.78, 5) is 41.8. The van der Waals surface area contributed by atoms with E-state index >= 15 is 0 Å². The van der Waals surface area contributed by atoms with E-state index in [9.17, 15) is 18.8 Å². The van der Waals surface area contributed by atoms with Gasteiger partial charge < -0.3 is 9.30 Å². The molecule has 0 N–H and O–H groups in total. The number of aryl methyl sites for hydroxylation is 1. The van der Waals surface area contributed by atoms with Gasteiger partial charge in [-0.05, 0) is 49.9 Å². The fourth-order valence-electron chi connectivity index (χ4n) is 4.43. The van der Waals surface area contributed by atoms with E-state index in [-0.39, 0.29) is 35.8 Å². The number of carbonyl (C=O) groups excluding carboxylic acids is 1. The molecule has 0 fully saturated rings. The molecule has 5 rings (SSSR count). The molecule has 11 heteroatoms. The van der Waals surface area contributed by atoms with Crippen molar-refractivity contribution in [3.8, 4) is 5.69 Å². The van der Waals surface area contributed by atoms with Gasteiger partial charge in [0.2, 0.25) is 0 Å². The number of imidazole rings is 1. The number of fused-ring (bicyclic) bond motifs is 2. The Morgan fingerprint density at radius 1 is 1.09 bits per heavy atom. The molecule has 4 aromatic rings. The maximum atomic E-state index is 13.4. The Morgan fingerprint density at radius 2 is 1.82 bits per heavy atom. The summed E-state index contributed by atoms with van der Waals surface area (Å²) in [7, 11) is 2.95. The smallest absolute Gasteiger partial charge is 0.359 e. The quantitative estimate of drug-likeness (QED) is 0.413. The Labute approximate surface area is 192 Å². The first-order valence-corrected chi connectivity index (χ1v) is 11.0. The average molecular weight is 466 g/mol. The van der Waals surface area contributed by atoms with Crippen molar-refractivity contribution in [3.05, 3.63) is 74.2 Å². The molecular weight excluding hydrogens is 443 g/mol. The van der Waals surface area contributed by atoms with Crippen LogP contribution in [0.4, 0.5) is 4.39 Å². The van der Waals surface area contributed by atoms with Gasteiger partial charge in [-0.2, -0.15) is 5.10 Å². The highest BCUT2D eigenvalue weighted by Gasteiger charge is 2.26. The van der Waals surface area contributed by atoms with Gasteiger partial charge in [0.15, 0.2) is 16.9 Å². The van der Waals surface area contributed by atoms with Gasteiger partial charge >= 0.3 is 11.7 Å². The van der Waals surface area contributed by atoms with Crippen LogP contribution in [0.2, 0.25) is 0 Å². The number of rotatable bonds is 5. The number of benzene rings is 1. The topological polar surface area (TPSA) is 106 Å². The number of hydrogen-bond donors (Lipinski definition) is 0. The van der Waals surface area contributed by atoms with Crippen molar-refractivity contribution in [2.45, 2.75) is 32.2 Å². The molecule has 0 unspecified atom stereocenters. The van der Waals surface area contributed by atoms with E-state index in [1.807, 2.05) is 0 Å². The van der Waals surface area contributed by atoms with Crippen LogP contribution >= 0.6 is 0 Å². The number of carbonyl (C=O) groups is 1. The number of aromatic nitrogens is 6. The van der Waals surface area contributed by atoms with Gasteiger partial charge in [-0.25, -0.2) is 23.6 Å². The highest BCUT2D eigenvalue weighted by atomic mass is 19.1. The van der Waals surface area contributed by atoms with Crippen LogP contribution in [0.5, 0.6) is 0 Å². The van der Waals surface area contributed by atoms with E-state index in [2.05, 4.69) is 10.1 Å². The molecule has 0 radical (unpaired) electrons. The van der Waals surface area contributed by atoms with Crippen molar-refractivity contribution < 1.29 is 13.9 Å². The second-order valence-electron chi connectivity index (χ2n) is 8.32. The lowest BCUT2D eigenvalue weighted by Gasteiger charge is -2.14. The van der Waals surface area contributed by atoms with Gasteiger partial charge in [0.05, 0.1) is 18.6 Å². The minimum absolute atomic E-state index is 0.00549. The van der Waals surface area contributed by atoms with Gasteiger partial charge in [-0.3, -0.25) is 13.9 Å². The SMILES string of the molecule is Cn1c(=O)c2c(ncn2CCOC(=O)c2nn(-c3ccc(F)cc3)c3c2CCCC3)n(C)c1=O. The van der Waals surface area contributed by atoms with E-state index in [0.717, 1.165) is 41.5 Å². The van der Waals surface area contributed by atoms with E-state index < -0.39 is 17.2 Å². The monoisotopic (exact) mass is 466 g/mol. The molecule has 3 aromatic heterocycles. The van der Waals surface area contributed by atoms with Gasteiger partial charge in [-0.1, -0.05) is 0 Å². The summed E-state index contributed by atoms with van der Waals surface area (Å²) in [5.74, 6) is -0.893. The molecule has 0 amide bonds. The fourth-order valence-corrected chi connectivity index (χ4v) is 4.43. The predicted octanol–water partition coefficient (Wildman–Crippen LogP) is 1.49. The van der Waals surface area contributed by atoms with Crippen LogP contribution in [0.3, 0.4) is 0 Å². The third kappa shape index (κ3) is 3.53. The van der Waals surface area contributed by atoms with E-state index in [1.54, 1.807) is 28.4 Å². The molecule has 0 aliphatic heterocycles. The number of halogens is 1. The van der Waals surface area contributed by atoms with Crippen molar-refractivity contribution in [2.24, 2.45) is 14.1 Å². The number of ether oxygens (including phenoxy) is 1. The molecule has 0 spiro atoms. The lowest BCUT2D eigenvalue weighted by molar-refractivity contribution is 0.0483. The maximum Gasteiger partial charge on any atom is 0.359 e. The van der Waals surface area contributed by atoms with Gasteiger partial charge in [0.25, 0.3) is 5.56 Å². The fraction of sp³-hybridized carbons (Fsp3) is 0.348. The van der Waals surface area contributed by atoms with Crippen LogP contribution in [0, 0.1) is 5.82 Å². The summed E-state index contributed by atoms with van der Waals surface area (Å²) in [6.45, 7) is 0.186. The molecular formula is C23H23FN6O4. The Balaban J connectivity index is 1.38. The molecule has 0 saturated carbocycles. The van der Waals surface area contributed by atoms with E-state index in [1.165, 1.54) is 30.1 Å². The third-order valence-corrected chi connectivity index (χ3v) is 6.23. The molecule has 0 bridgehead atoms. The molecule has 176 valence electrons. The van der Waals surface area contributed by atoms with Crippen LogP contribution in [-0.4, -0.2) is 41.0 Å². The van der Waals surface area contributed by atoms with Crippen LogP contribution in [0.1, 0.15) is 34.6 Å². The summed E-state index contributed by atoms with van der Waals surface area (Å²) in [6, 6.07) is 5.98. The minimum Gasteiger partial charge on any atom is -0.459 e. The standard InChI is InChI=1S/C23H23FN6O4/c1-27-20-19(21(31)28(2)23(27)33)29(13-25-20)11-12-34-22(32)18-16-5-3-4-6-17(16)30(26-18)15-9-7-14(24)8-10-15/h7-10,13H,3-6,11-12H2,1-2H3. The van der Waals surface area contributed by atoms with Crippen molar-refractivity contribution >= 4 is 17.1 Å². The molecule has 10 nitrogen and oxygen atoms in total. The zero-order chi connectivity index (χ0) is 24.0. The Morgan fingerprint density at radius 3 is 2.59 bits per heavy atom. The predicted molar refractivity (Wildman–Crippen MR) is 121 cm³/mol. The molecule has 0 saturated heterocycles. The second-order valence-corrected chi connectivity index (χ2v) is 8.32. The molecule has 1 aliphatic carbocycles. The number of hydrogen-bond acceptors (Lipinski definition) is 6. The lowest BCUT2D eigenvalue weighted by atomic mass is 9.95. The minimum atomic E-state index is -0.552. The van der Waals surface area contributed by atoms with Crippen LogP contribution in [-0.2, 0) is 38.2 Å². The Hall–Kier alpha value is -4.02. The maximum absolute atomic E-state index is 13.4. The largest absolute Gasteiger partial charge is 0.459 e. The zero-order valence-electron chi connectivity index (χ0n) is 18.8. The lowest BCUT2D eigenvalue weighted by Crippen LogP contribution is -2.37. The van der Waals surface area contributed by atoms with Crippen molar-refractivity contribution in [1.29, 1.82) is 0 Å². The van der Waals surface area contributed by atoms with Gasteiger partial charge in [0, 0.05) is 25.4 Å². The summed E-state index contributed by atoms with van der Waals surface area (Å²) in [6.07, 6.45) is 4.88. The molecule has 1 aromatic carbocycles. The third-order valence-electron chi connectivity index (χ3n) is 6.23. The first-order valence-electron chi connectivity index (χ1n) is 11.0. The summed E-state index contributed by atoms with van der Waals surface area (Å²) >= 11 is 0. The summed E-state index contributed by atoms with van der Waals surface area (Å²) < 4.78 is 24.5. The van der Waals surface area contributed by atoms with E-state index in [0.29, 0.717) is 5.69 Å². The molecule has 34 heavy (non-hydrogen) atoms. The molecule has 0 atom stereocenters. The first-order chi connectivity index (χ1) is 16.4. The van der Waals surface area contributed by atoms with Gasteiger partial charge in [-0.15, -0.1) is 0 Å². The zero-order valence-corrected chi connectivity index (χ0v) is 18.8. The summed E-state index contributed by atoms with van der Waals surface area (Å²) in [5, 5.41) is 4.51. The van der Waals surface area contributed by atoms with E-state index in [4.69, 9.17) is 4.74 Å². The Bertz CT molecular complexity index is 1530. The van der Waals surface area contributed by atoms with Crippen LogP contribution in [0.25, 0.3) is 16.9 Å². The van der Waals surface area contributed by atoms with Crippen LogP contribution < -0.4 is 11.2 Å². The second kappa shape index (κ2) is 8.40. The van der Waals surface area contributed by atoms with Crippen LogP contribution in [0.15, 0.2) is 40.2 Å². The first kappa shape index (κ1) is 21.8. The molecule has 3 heterocycles. The molecule has 1 aliphatic rings. The Kier molecular flexibility index (Phi) is 5.39. The number of nitrogens with zero attached hydrogens (tertiary/aromatic N) is 6. The summed E-state index contributed by atoms with van der Waals surface area (Å²) in [5.41, 5.74) is 2.35. The average Bonchev–Trinajstić information content (AvgIpc) is 3.44. The van der Waals surface area contributed by atoms with Crippen molar-refractivity contribution in [3.63, 3.8) is 0 Å². The van der Waals surface area contributed by atoms with Crippen molar-refractivity contribution in [1.82, 2.24) is 28.5 Å². The van der Waals surface area contributed by atoms with Gasteiger partial charge in [0.1, 0.15) is 12.4 Å². The highest BCUT2D eigenvalue weighted by molar-refractivity contribution is 5.89. The van der Waals surface area contributed by atoms with Crippen molar-refractivity contribution in [2.75, 3.05) is 6.61 Å². The number of esters is 1.